The molecule has 0 heterocycles. The van der Waals surface area contributed by atoms with E-state index in [1.807, 2.05) is 19.1 Å². The van der Waals surface area contributed by atoms with Crippen LogP contribution in [0.5, 0.6) is 0 Å². The van der Waals surface area contributed by atoms with Crippen LogP contribution in [0.1, 0.15) is 24.8 Å². The largest absolute Gasteiger partial charge is 0.352 e. The standard InChI is InChI=1S/C17H20N2O.ClH/c1-11(10-18)19-17(20)16-9-15(16)14-7-6-12-4-2-3-5-13(12)8-14;/h2-8,11,15-16H,9-10,18H2,1H3,(H,19,20);1H/t11-,15?,16?;/m0./s1. The van der Waals surface area contributed by atoms with Gasteiger partial charge in [-0.3, -0.25) is 4.79 Å². The molecule has 0 saturated heterocycles. The molecule has 1 aliphatic carbocycles. The normalized spacial score (nSPS) is 21.4. The molecule has 3 atom stereocenters. The van der Waals surface area contributed by atoms with E-state index in [1.54, 1.807) is 0 Å². The number of carbonyl (C=O) groups is 1. The SMILES string of the molecule is C[C@@H](CN)NC(=O)C1CC1c1ccc2ccccc2c1.Cl. The molecule has 1 amide bonds. The number of fused-ring (bicyclic) bond motifs is 1. The zero-order chi connectivity index (χ0) is 14.1. The molecule has 1 aliphatic rings. The van der Waals surface area contributed by atoms with Crippen LogP contribution in [-0.4, -0.2) is 18.5 Å². The van der Waals surface area contributed by atoms with Gasteiger partial charge in [-0.1, -0.05) is 42.5 Å². The van der Waals surface area contributed by atoms with Gasteiger partial charge in [0.2, 0.25) is 5.91 Å². The van der Waals surface area contributed by atoms with Gasteiger partial charge in [0.25, 0.3) is 0 Å². The zero-order valence-corrected chi connectivity index (χ0v) is 12.9. The lowest BCUT2D eigenvalue weighted by Crippen LogP contribution is -2.38. The fourth-order valence-corrected chi connectivity index (χ4v) is 2.70. The van der Waals surface area contributed by atoms with Crippen molar-refractivity contribution in [3.8, 4) is 0 Å². The van der Waals surface area contributed by atoms with Crippen molar-refractivity contribution in [1.82, 2.24) is 5.32 Å². The molecule has 1 saturated carbocycles. The van der Waals surface area contributed by atoms with E-state index < -0.39 is 0 Å². The maximum atomic E-state index is 12.1. The second kappa shape index (κ2) is 6.46. The van der Waals surface area contributed by atoms with E-state index in [0.717, 1.165) is 6.42 Å². The molecule has 2 aromatic carbocycles. The first-order valence-electron chi connectivity index (χ1n) is 7.18. The highest BCUT2D eigenvalue weighted by atomic mass is 35.5. The molecular weight excluding hydrogens is 284 g/mol. The van der Waals surface area contributed by atoms with Gasteiger partial charge in [0.05, 0.1) is 0 Å². The van der Waals surface area contributed by atoms with E-state index in [-0.39, 0.29) is 30.3 Å². The molecule has 0 aromatic heterocycles. The number of carbonyl (C=O) groups excluding carboxylic acids is 1. The highest BCUT2D eigenvalue weighted by Crippen LogP contribution is 2.48. The Bertz CT molecular complexity index is 643. The first-order valence-corrected chi connectivity index (χ1v) is 7.18. The van der Waals surface area contributed by atoms with Crippen LogP contribution < -0.4 is 11.1 Å². The Labute approximate surface area is 131 Å². The molecule has 1 fully saturated rings. The van der Waals surface area contributed by atoms with Crippen LogP contribution in [0.4, 0.5) is 0 Å². The third-order valence-corrected chi connectivity index (χ3v) is 4.07. The van der Waals surface area contributed by atoms with Crippen LogP contribution >= 0.6 is 12.4 Å². The summed E-state index contributed by atoms with van der Waals surface area (Å²) < 4.78 is 0. The van der Waals surface area contributed by atoms with E-state index in [1.165, 1.54) is 16.3 Å². The van der Waals surface area contributed by atoms with E-state index in [9.17, 15) is 4.79 Å². The third-order valence-electron chi connectivity index (χ3n) is 4.07. The van der Waals surface area contributed by atoms with Gasteiger partial charge >= 0.3 is 0 Å². The van der Waals surface area contributed by atoms with E-state index in [0.29, 0.717) is 12.5 Å². The summed E-state index contributed by atoms with van der Waals surface area (Å²) in [6, 6.07) is 14.9. The molecular formula is C17H21ClN2O. The van der Waals surface area contributed by atoms with Crippen molar-refractivity contribution in [1.29, 1.82) is 0 Å². The average Bonchev–Trinajstić information content (AvgIpc) is 3.27. The van der Waals surface area contributed by atoms with Crippen LogP contribution in [0.25, 0.3) is 10.8 Å². The van der Waals surface area contributed by atoms with Crippen molar-refractivity contribution in [3.05, 3.63) is 48.0 Å². The average molecular weight is 305 g/mol. The summed E-state index contributed by atoms with van der Waals surface area (Å²) >= 11 is 0. The minimum atomic E-state index is 0. The summed E-state index contributed by atoms with van der Waals surface area (Å²) in [6.07, 6.45) is 0.946. The highest BCUT2D eigenvalue weighted by molar-refractivity contribution is 5.86. The second-order valence-electron chi connectivity index (χ2n) is 5.70. The minimum absolute atomic E-state index is 0. The lowest BCUT2D eigenvalue weighted by molar-refractivity contribution is -0.122. The van der Waals surface area contributed by atoms with Crippen LogP contribution in [0.3, 0.4) is 0 Å². The molecule has 0 aliphatic heterocycles. The molecule has 0 spiro atoms. The van der Waals surface area contributed by atoms with Crippen molar-refractivity contribution in [2.24, 2.45) is 11.7 Å². The number of rotatable bonds is 4. The Kier molecular flexibility index (Phi) is 4.86. The Morgan fingerprint density at radius 2 is 2.00 bits per heavy atom. The molecule has 4 heteroatoms. The third kappa shape index (κ3) is 3.36. The molecule has 2 aromatic rings. The van der Waals surface area contributed by atoms with Crippen molar-refractivity contribution < 1.29 is 4.79 Å². The molecule has 0 radical (unpaired) electrons. The van der Waals surface area contributed by atoms with Crippen LogP contribution in [0.15, 0.2) is 42.5 Å². The number of halogens is 1. The first-order chi connectivity index (χ1) is 9.69. The fourth-order valence-electron chi connectivity index (χ4n) is 2.70. The van der Waals surface area contributed by atoms with E-state index in [4.69, 9.17) is 5.73 Å². The summed E-state index contributed by atoms with van der Waals surface area (Å²) in [5.74, 6) is 0.621. The molecule has 21 heavy (non-hydrogen) atoms. The summed E-state index contributed by atoms with van der Waals surface area (Å²) in [4.78, 5) is 12.1. The van der Waals surface area contributed by atoms with E-state index in [2.05, 4.69) is 35.6 Å². The van der Waals surface area contributed by atoms with Gasteiger partial charge < -0.3 is 11.1 Å². The molecule has 3 N–H and O–H groups in total. The summed E-state index contributed by atoms with van der Waals surface area (Å²) in [6.45, 7) is 2.42. The predicted molar refractivity (Wildman–Crippen MR) is 88.7 cm³/mol. The summed E-state index contributed by atoms with van der Waals surface area (Å²) in [5, 5.41) is 5.45. The zero-order valence-electron chi connectivity index (χ0n) is 12.1. The first kappa shape index (κ1) is 15.8. The maximum Gasteiger partial charge on any atom is 0.224 e. The Morgan fingerprint density at radius 3 is 2.71 bits per heavy atom. The lowest BCUT2D eigenvalue weighted by Gasteiger charge is -2.11. The minimum Gasteiger partial charge on any atom is -0.352 e. The Morgan fingerprint density at radius 1 is 1.29 bits per heavy atom. The van der Waals surface area contributed by atoms with Gasteiger partial charge in [0.15, 0.2) is 0 Å². The van der Waals surface area contributed by atoms with Gasteiger partial charge in [-0.05, 0) is 35.6 Å². The molecule has 2 unspecified atom stereocenters. The lowest BCUT2D eigenvalue weighted by atomic mass is 10.0. The van der Waals surface area contributed by atoms with Crippen molar-refractivity contribution >= 4 is 29.1 Å². The number of hydrogen-bond donors (Lipinski definition) is 2. The Balaban J connectivity index is 0.00000161. The number of benzene rings is 2. The number of nitrogens with one attached hydrogen (secondary N) is 1. The van der Waals surface area contributed by atoms with Crippen molar-refractivity contribution in [2.45, 2.75) is 25.3 Å². The number of amides is 1. The van der Waals surface area contributed by atoms with E-state index >= 15 is 0 Å². The van der Waals surface area contributed by atoms with Crippen LogP contribution in [0.2, 0.25) is 0 Å². The predicted octanol–water partition coefficient (Wildman–Crippen LogP) is 2.83. The second-order valence-corrected chi connectivity index (χ2v) is 5.70. The van der Waals surface area contributed by atoms with Crippen LogP contribution in [0, 0.1) is 5.92 Å². The van der Waals surface area contributed by atoms with Crippen molar-refractivity contribution in [2.75, 3.05) is 6.54 Å². The fraction of sp³-hybridized carbons (Fsp3) is 0.353. The summed E-state index contributed by atoms with van der Waals surface area (Å²) in [5.41, 5.74) is 6.80. The van der Waals surface area contributed by atoms with Gasteiger partial charge in [-0.2, -0.15) is 0 Å². The monoisotopic (exact) mass is 304 g/mol. The van der Waals surface area contributed by atoms with Gasteiger partial charge in [-0.25, -0.2) is 0 Å². The topological polar surface area (TPSA) is 55.1 Å². The van der Waals surface area contributed by atoms with Crippen LogP contribution in [-0.2, 0) is 4.79 Å². The van der Waals surface area contributed by atoms with Gasteiger partial charge in [-0.15, -0.1) is 12.4 Å². The van der Waals surface area contributed by atoms with Crippen molar-refractivity contribution in [3.63, 3.8) is 0 Å². The highest BCUT2D eigenvalue weighted by Gasteiger charge is 2.44. The summed E-state index contributed by atoms with van der Waals surface area (Å²) in [7, 11) is 0. The van der Waals surface area contributed by atoms with Gasteiger partial charge in [0, 0.05) is 18.5 Å². The quantitative estimate of drug-likeness (QED) is 0.912. The Hall–Kier alpha value is -1.58. The number of hydrogen-bond acceptors (Lipinski definition) is 2. The molecule has 0 bridgehead atoms. The molecule has 3 rings (SSSR count). The van der Waals surface area contributed by atoms with Gasteiger partial charge in [0.1, 0.15) is 0 Å². The molecule has 112 valence electrons. The smallest absolute Gasteiger partial charge is 0.224 e. The maximum absolute atomic E-state index is 12.1. The molecule has 3 nitrogen and oxygen atoms in total. The number of nitrogens with two attached hydrogens (primary N) is 1.